The van der Waals surface area contributed by atoms with Crippen molar-refractivity contribution in [2.24, 2.45) is 4.99 Å². The van der Waals surface area contributed by atoms with Gasteiger partial charge in [-0.3, -0.25) is 4.99 Å². The van der Waals surface area contributed by atoms with Crippen molar-refractivity contribution in [3.05, 3.63) is 0 Å². The summed E-state index contributed by atoms with van der Waals surface area (Å²) < 4.78 is 0. The summed E-state index contributed by atoms with van der Waals surface area (Å²) in [5, 5.41) is 1.30. The molecule has 0 fully saturated rings. The smallest absolute Gasteiger partial charge is 0.0644 e. The van der Waals surface area contributed by atoms with Gasteiger partial charge in [0, 0.05) is 6.54 Å². The molecule has 0 radical (unpaired) electrons. The highest BCUT2D eigenvalue weighted by atomic mass is 32.2. The van der Waals surface area contributed by atoms with Crippen molar-refractivity contribution in [1.82, 2.24) is 0 Å². The molecule has 0 spiro atoms. The first-order valence-electron chi connectivity index (χ1n) is 8.45. The number of aliphatic imine (C=N–C) groups is 1. The van der Waals surface area contributed by atoms with E-state index in [2.05, 4.69) is 25.8 Å². The number of nitrogens with zero attached hydrogens (tertiary/aromatic N) is 1. The lowest BCUT2D eigenvalue weighted by atomic mass is 10.1. The van der Waals surface area contributed by atoms with Gasteiger partial charge in [0.05, 0.1) is 5.04 Å². The Hall–Kier alpha value is 0.0200. The van der Waals surface area contributed by atoms with E-state index in [4.69, 9.17) is 0 Å². The largest absolute Gasteiger partial charge is 0.283 e. The van der Waals surface area contributed by atoms with Crippen LogP contribution in [-0.2, 0) is 0 Å². The maximum absolute atomic E-state index is 4.66. The zero-order chi connectivity index (χ0) is 14.2. The van der Waals surface area contributed by atoms with E-state index in [0.29, 0.717) is 0 Å². The highest BCUT2D eigenvalue weighted by molar-refractivity contribution is 8.13. The van der Waals surface area contributed by atoms with Gasteiger partial charge in [0.15, 0.2) is 0 Å². The molecule has 0 aliphatic carbocycles. The molecule has 0 bridgehead atoms. The van der Waals surface area contributed by atoms with Crippen LogP contribution in [0, 0.1) is 0 Å². The number of thioether (sulfide) groups is 1. The summed E-state index contributed by atoms with van der Waals surface area (Å²) >= 11 is 1.96. The van der Waals surface area contributed by atoms with Gasteiger partial charge in [-0.05, 0) is 25.5 Å². The molecule has 0 aromatic carbocycles. The van der Waals surface area contributed by atoms with Crippen molar-refractivity contribution in [2.45, 2.75) is 91.4 Å². The number of hydrogen-bond donors (Lipinski definition) is 0. The van der Waals surface area contributed by atoms with Gasteiger partial charge >= 0.3 is 0 Å². The van der Waals surface area contributed by atoms with Gasteiger partial charge in [-0.1, -0.05) is 71.6 Å². The van der Waals surface area contributed by atoms with E-state index >= 15 is 0 Å². The molecule has 114 valence electrons. The maximum atomic E-state index is 4.66. The molecule has 0 aromatic heterocycles. The minimum absolute atomic E-state index is 1.04. The van der Waals surface area contributed by atoms with Crippen molar-refractivity contribution in [3.63, 3.8) is 0 Å². The van der Waals surface area contributed by atoms with E-state index in [0.717, 1.165) is 6.54 Å². The molecule has 0 aliphatic heterocycles. The molecule has 0 saturated heterocycles. The molecule has 0 N–H and O–H groups in total. The molecular weight excluding hydrogens is 250 g/mol. The van der Waals surface area contributed by atoms with Crippen molar-refractivity contribution >= 4 is 16.8 Å². The Labute approximate surface area is 126 Å². The molecule has 0 saturated carbocycles. The predicted octanol–water partition coefficient (Wildman–Crippen LogP) is 6.47. The zero-order valence-corrected chi connectivity index (χ0v) is 14.4. The van der Waals surface area contributed by atoms with Gasteiger partial charge in [0.1, 0.15) is 0 Å². The zero-order valence-electron chi connectivity index (χ0n) is 13.5. The molecule has 1 nitrogen and oxygen atoms in total. The molecule has 0 amide bonds. The Balaban J connectivity index is 3.25. The predicted molar refractivity (Wildman–Crippen MR) is 92.6 cm³/mol. The second-order valence-electron chi connectivity index (χ2n) is 5.43. The summed E-state index contributed by atoms with van der Waals surface area (Å²) in [4.78, 5) is 4.66. The molecule has 0 aromatic rings. The van der Waals surface area contributed by atoms with Crippen LogP contribution in [0.25, 0.3) is 0 Å². The molecule has 0 rings (SSSR count). The second-order valence-corrected chi connectivity index (χ2v) is 6.72. The summed E-state index contributed by atoms with van der Waals surface area (Å²) in [5.41, 5.74) is 0. The van der Waals surface area contributed by atoms with Crippen LogP contribution in [0.5, 0.6) is 0 Å². The molecular formula is C17H35NS. The Morgan fingerprint density at radius 2 is 1.26 bits per heavy atom. The van der Waals surface area contributed by atoms with Crippen LogP contribution < -0.4 is 0 Å². The average Bonchev–Trinajstić information content (AvgIpc) is 2.41. The lowest BCUT2D eigenvalue weighted by Gasteiger charge is -2.02. The first kappa shape index (κ1) is 19.0. The second kappa shape index (κ2) is 16.1. The Bertz CT molecular complexity index is 201. The minimum Gasteiger partial charge on any atom is -0.283 e. The topological polar surface area (TPSA) is 12.4 Å². The van der Waals surface area contributed by atoms with E-state index in [-0.39, 0.29) is 0 Å². The van der Waals surface area contributed by atoms with Crippen molar-refractivity contribution in [3.8, 4) is 0 Å². The first-order valence-corrected chi connectivity index (χ1v) is 9.43. The van der Waals surface area contributed by atoms with Crippen molar-refractivity contribution in [2.75, 3.05) is 12.3 Å². The molecule has 0 unspecified atom stereocenters. The van der Waals surface area contributed by atoms with Crippen LogP contribution in [0.15, 0.2) is 4.99 Å². The van der Waals surface area contributed by atoms with Crippen LogP contribution in [0.3, 0.4) is 0 Å². The molecule has 0 heterocycles. The Morgan fingerprint density at radius 1 is 0.737 bits per heavy atom. The monoisotopic (exact) mass is 285 g/mol. The Kier molecular flexibility index (Phi) is 16.1. The lowest BCUT2D eigenvalue weighted by molar-refractivity contribution is 0.612. The highest BCUT2D eigenvalue weighted by Crippen LogP contribution is 2.11. The quantitative estimate of drug-likeness (QED) is 0.215. The third kappa shape index (κ3) is 16.0. The molecule has 0 aliphatic rings. The number of hydrogen-bond acceptors (Lipinski definition) is 2. The summed E-state index contributed by atoms with van der Waals surface area (Å²) in [7, 11) is 0. The van der Waals surface area contributed by atoms with Crippen LogP contribution >= 0.6 is 11.8 Å². The van der Waals surface area contributed by atoms with Gasteiger partial charge in [0.25, 0.3) is 0 Å². The third-order valence-electron chi connectivity index (χ3n) is 3.40. The minimum atomic E-state index is 1.04. The van der Waals surface area contributed by atoms with Crippen LogP contribution in [0.1, 0.15) is 91.4 Å². The van der Waals surface area contributed by atoms with Crippen molar-refractivity contribution < 1.29 is 0 Å². The van der Waals surface area contributed by atoms with E-state index in [9.17, 15) is 0 Å². The van der Waals surface area contributed by atoms with Gasteiger partial charge in [-0.2, -0.15) is 0 Å². The number of unbranched alkanes of at least 4 members (excludes halogenated alkanes) is 9. The summed E-state index contributed by atoms with van der Waals surface area (Å²) in [5.74, 6) is 1.26. The molecule has 0 atom stereocenters. The SMILES string of the molecule is CCCCCCCCN=C(C)SCCCCCCC. The maximum Gasteiger partial charge on any atom is 0.0644 e. The highest BCUT2D eigenvalue weighted by Gasteiger charge is 1.94. The average molecular weight is 286 g/mol. The van der Waals surface area contributed by atoms with E-state index < -0.39 is 0 Å². The van der Waals surface area contributed by atoms with Gasteiger partial charge in [-0.15, -0.1) is 11.8 Å². The molecule has 19 heavy (non-hydrogen) atoms. The first-order chi connectivity index (χ1) is 9.31. The summed E-state index contributed by atoms with van der Waals surface area (Å²) in [6.07, 6.45) is 15.1. The molecule has 2 heteroatoms. The standard InChI is InChI=1S/C17H35NS/c1-4-6-8-10-11-13-15-18-17(3)19-16-14-12-9-7-5-2/h4-16H2,1-3H3. The van der Waals surface area contributed by atoms with Gasteiger partial charge in [-0.25, -0.2) is 0 Å². The van der Waals surface area contributed by atoms with Crippen LogP contribution in [0.2, 0.25) is 0 Å². The fraction of sp³-hybridized carbons (Fsp3) is 0.941. The Morgan fingerprint density at radius 3 is 1.89 bits per heavy atom. The normalized spacial score (nSPS) is 12.1. The fourth-order valence-corrected chi connectivity index (χ4v) is 2.93. The number of rotatable bonds is 13. The summed E-state index contributed by atoms with van der Waals surface area (Å²) in [6, 6.07) is 0. The van der Waals surface area contributed by atoms with Crippen LogP contribution in [-0.4, -0.2) is 17.3 Å². The van der Waals surface area contributed by atoms with Crippen molar-refractivity contribution in [1.29, 1.82) is 0 Å². The van der Waals surface area contributed by atoms with Crippen LogP contribution in [0.4, 0.5) is 0 Å². The fourth-order valence-electron chi connectivity index (χ4n) is 2.10. The van der Waals surface area contributed by atoms with E-state index in [1.54, 1.807) is 0 Å². The third-order valence-corrected chi connectivity index (χ3v) is 4.44. The van der Waals surface area contributed by atoms with Gasteiger partial charge < -0.3 is 0 Å². The van der Waals surface area contributed by atoms with Gasteiger partial charge in [0.2, 0.25) is 0 Å². The lowest BCUT2D eigenvalue weighted by Crippen LogP contribution is -1.91. The summed E-state index contributed by atoms with van der Waals surface area (Å²) in [6.45, 7) is 7.76. The van der Waals surface area contributed by atoms with E-state index in [1.807, 2.05) is 11.8 Å². The van der Waals surface area contributed by atoms with E-state index in [1.165, 1.54) is 81.4 Å².